The summed E-state index contributed by atoms with van der Waals surface area (Å²) in [6.07, 6.45) is -3.58. The van der Waals surface area contributed by atoms with Crippen LogP contribution in [0.1, 0.15) is 6.23 Å². The molecule has 1 aromatic rings. The molecule has 0 spiro atoms. The second kappa shape index (κ2) is 5.07. The van der Waals surface area contributed by atoms with Gasteiger partial charge in [0.05, 0.1) is 6.61 Å². The average Bonchev–Trinajstić information content (AvgIpc) is 2.63. The van der Waals surface area contributed by atoms with E-state index in [1.807, 2.05) is 4.98 Å². The summed E-state index contributed by atoms with van der Waals surface area (Å²) < 4.78 is 5.87. The van der Waals surface area contributed by atoms with Crippen LogP contribution in [0, 0.1) is 0 Å². The van der Waals surface area contributed by atoms with E-state index in [0.29, 0.717) is 0 Å². The highest BCUT2D eigenvalue weighted by molar-refractivity contribution is 5.02. The average molecular weight is 285 g/mol. The molecule has 20 heavy (non-hydrogen) atoms. The summed E-state index contributed by atoms with van der Waals surface area (Å²) in [5.41, 5.74) is 4.37. The van der Waals surface area contributed by atoms with Gasteiger partial charge in [0.25, 0.3) is 5.56 Å². The molecule has 2 rings (SSSR count). The molecule has 0 bridgehead atoms. The summed E-state index contributed by atoms with van der Waals surface area (Å²) in [6, 6.07) is 0.986. The van der Waals surface area contributed by atoms with Gasteiger partial charge in [0.15, 0.2) is 6.23 Å². The smallest absolute Gasteiger partial charge is 0.330 e. The number of ether oxygens (including phenoxy) is 1. The largest absolute Gasteiger partial charge is 0.394 e. The first kappa shape index (κ1) is 14.2. The van der Waals surface area contributed by atoms with Gasteiger partial charge in [0.1, 0.15) is 12.2 Å². The third kappa shape index (κ3) is 2.09. The molecule has 1 aliphatic rings. The second-order valence-corrected chi connectivity index (χ2v) is 4.14. The Balaban J connectivity index is 2.56. The van der Waals surface area contributed by atoms with Gasteiger partial charge >= 0.3 is 5.69 Å². The lowest BCUT2D eigenvalue weighted by Crippen LogP contribution is -2.47. The second-order valence-electron chi connectivity index (χ2n) is 4.14. The molecule has 0 amide bonds. The minimum Gasteiger partial charge on any atom is -0.394 e. The first-order valence-electron chi connectivity index (χ1n) is 5.48. The van der Waals surface area contributed by atoms with E-state index in [2.05, 4.69) is 10.0 Å². The maximum atomic E-state index is 11.7. The number of hydrogen-bond acceptors (Lipinski definition) is 7. The molecule has 1 saturated heterocycles. The highest BCUT2D eigenvalue weighted by Crippen LogP contribution is 2.38. The zero-order chi connectivity index (χ0) is 14.9. The Bertz CT molecular complexity index is 663. The molecule has 4 N–H and O–H groups in total. The minimum atomic E-state index is -2.50. The van der Waals surface area contributed by atoms with Crippen LogP contribution in [-0.4, -0.2) is 49.4 Å². The van der Waals surface area contributed by atoms with Crippen molar-refractivity contribution in [3.05, 3.63) is 43.5 Å². The Kier molecular flexibility index (Phi) is 3.61. The number of hydrogen-bond donors (Lipinski definition) is 4. The van der Waals surface area contributed by atoms with Crippen molar-refractivity contribution in [2.45, 2.75) is 24.2 Å². The van der Waals surface area contributed by atoms with Crippen molar-refractivity contribution in [2.75, 3.05) is 6.61 Å². The van der Waals surface area contributed by atoms with Crippen LogP contribution in [0.4, 0.5) is 0 Å². The van der Waals surface area contributed by atoms with Crippen molar-refractivity contribution in [1.29, 1.82) is 0 Å². The number of aromatic amines is 1. The van der Waals surface area contributed by atoms with Crippen LogP contribution in [0.25, 0.3) is 10.4 Å². The van der Waals surface area contributed by atoms with Gasteiger partial charge in [-0.2, -0.15) is 0 Å². The van der Waals surface area contributed by atoms with Gasteiger partial charge in [-0.25, -0.2) is 4.79 Å². The number of rotatable bonds is 3. The highest BCUT2D eigenvalue weighted by Gasteiger charge is 2.56. The number of aromatic nitrogens is 2. The Hall–Kier alpha value is -2.17. The van der Waals surface area contributed by atoms with E-state index < -0.39 is 42.0 Å². The lowest BCUT2D eigenvalue weighted by atomic mass is 10.0. The maximum Gasteiger partial charge on any atom is 0.330 e. The van der Waals surface area contributed by atoms with Crippen LogP contribution in [0.2, 0.25) is 0 Å². The monoisotopic (exact) mass is 285 g/mol. The zero-order valence-electron chi connectivity index (χ0n) is 9.95. The fourth-order valence-corrected chi connectivity index (χ4v) is 1.97. The van der Waals surface area contributed by atoms with Crippen LogP contribution >= 0.6 is 0 Å². The molecule has 4 atom stereocenters. The summed E-state index contributed by atoms with van der Waals surface area (Å²) in [6.45, 7) is -0.668. The molecule has 0 aromatic carbocycles. The van der Waals surface area contributed by atoms with Crippen LogP contribution in [0.5, 0.6) is 0 Å². The van der Waals surface area contributed by atoms with Gasteiger partial charge in [-0.15, -0.1) is 0 Å². The standard InChI is InChI=1S/C9H11N5O6/c10-13-12-9(19)6(17)4(3-15)20-7(9)14-2-1-5(16)11-8(14)18/h1-2,4,6-7,15,17,19H,3H2,(H,11,16,18)/t4-,6-,7-,9-/m1/s1. The van der Waals surface area contributed by atoms with Crippen LogP contribution in [0.3, 0.4) is 0 Å². The number of aliphatic hydroxyl groups excluding tert-OH is 2. The molecule has 11 nitrogen and oxygen atoms in total. The molecule has 11 heteroatoms. The molecule has 108 valence electrons. The predicted octanol–water partition coefficient (Wildman–Crippen LogP) is -2.21. The van der Waals surface area contributed by atoms with Crippen LogP contribution in [-0.2, 0) is 4.74 Å². The van der Waals surface area contributed by atoms with E-state index in [-0.39, 0.29) is 0 Å². The SMILES string of the molecule is [N-]=[N+]=N[C@@]1(O)[C@H](O)[C@@H](CO)O[C@H]1n1ccc(=O)[nH]c1=O. The summed E-state index contributed by atoms with van der Waals surface area (Å²) in [5.74, 6) is 0. The fraction of sp³-hybridized carbons (Fsp3) is 0.556. The van der Waals surface area contributed by atoms with Gasteiger partial charge in [-0.3, -0.25) is 14.3 Å². The normalized spacial score (nSPS) is 32.9. The molecule has 1 aliphatic heterocycles. The summed E-state index contributed by atoms with van der Waals surface area (Å²) in [7, 11) is 0. The number of nitrogens with one attached hydrogen (secondary N) is 1. The first-order valence-corrected chi connectivity index (χ1v) is 5.48. The van der Waals surface area contributed by atoms with Crippen molar-refractivity contribution in [2.24, 2.45) is 5.11 Å². The third-order valence-corrected chi connectivity index (χ3v) is 2.94. The fourth-order valence-electron chi connectivity index (χ4n) is 1.97. The van der Waals surface area contributed by atoms with Crippen molar-refractivity contribution in [3.8, 4) is 0 Å². The summed E-state index contributed by atoms with van der Waals surface area (Å²) in [4.78, 5) is 27.0. The van der Waals surface area contributed by atoms with Crippen LogP contribution in [0.15, 0.2) is 27.0 Å². The minimum absolute atomic E-state index is 0.668. The molecule has 2 heterocycles. The van der Waals surface area contributed by atoms with E-state index in [0.717, 1.165) is 16.8 Å². The van der Waals surface area contributed by atoms with Gasteiger partial charge in [-0.05, 0) is 5.53 Å². The molecule has 0 unspecified atom stereocenters. The van der Waals surface area contributed by atoms with Crippen LogP contribution < -0.4 is 11.2 Å². The molecule has 0 saturated carbocycles. The van der Waals surface area contributed by atoms with E-state index >= 15 is 0 Å². The maximum absolute atomic E-state index is 11.7. The summed E-state index contributed by atoms with van der Waals surface area (Å²) in [5, 5.41) is 32.1. The first-order chi connectivity index (χ1) is 9.43. The Morgan fingerprint density at radius 3 is 2.85 bits per heavy atom. The molecule has 1 fully saturated rings. The van der Waals surface area contributed by atoms with E-state index in [1.165, 1.54) is 0 Å². The zero-order valence-corrected chi connectivity index (χ0v) is 9.95. The Morgan fingerprint density at radius 1 is 1.60 bits per heavy atom. The van der Waals surface area contributed by atoms with E-state index in [1.54, 1.807) is 0 Å². The van der Waals surface area contributed by atoms with E-state index in [9.17, 15) is 19.8 Å². The van der Waals surface area contributed by atoms with Gasteiger partial charge in [0.2, 0.25) is 5.72 Å². The third-order valence-electron chi connectivity index (χ3n) is 2.94. The molecular weight excluding hydrogens is 274 g/mol. The Morgan fingerprint density at radius 2 is 2.30 bits per heavy atom. The molecule has 1 aromatic heterocycles. The Labute approximate surface area is 110 Å². The predicted molar refractivity (Wildman–Crippen MR) is 62.4 cm³/mol. The topological polar surface area (TPSA) is 174 Å². The lowest BCUT2D eigenvalue weighted by Gasteiger charge is -2.26. The quantitative estimate of drug-likeness (QED) is 0.278. The molecular formula is C9H11N5O6. The van der Waals surface area contributed by atoms with Gasteiger partial charge < -0.3 is 20.1 Å². The van der Waals surface area contributed by atoms with Crippen molar-refractivity contribution < 1.29 is 20.1 Å². The number of nitrogens with zero attached hydrogens (tertiary/aromatic N) is 4. The van der Waals surface area contributed by atoms with Gasteiger partial charge in [-0.1, -0.05) is 5.11 Å². The highest BCUT2D eigenvalue weighted by atomic mass is 16.6. The number of H-pyrrole nitrogens is 1. The van der Waals surface area contributed by atoms with Crippen molar-refractivity contribution in [3.63, 3.8) is 0 Å². The van der Waals surface area contributed by atoms with Crippen molar-refractivity contribution in [1.82, 2.24) is 9.55 Å². The van der Waals surface area contributed by atoms with Crippen molar-refractivity contribution >= 4 is 0 Å². The lowest BCUT2D eigenvalue weighted by molar-refractivity contribution is -0.106. The number of azide groups is 1. The molecule has 0 radical (unpaired) electrons. The molecule has 0 aliphatic carbocycles. The number of aliphatic hydroxyl groups is 3. The summed E-state index contributed by atoms with van der Waals surface area (Å²) >= 11 is 0. The van der Waals surface area contributed by atoms with Gasteiger partial charge in [0, 0.05) is 17.2 Å². The van der Waals surface area contributed by atoms with E-state index in [4.69, 9.17) is 15.4 Å².